The molecule has 35 heavy (non-hydrogen) atoms. The number of hydrogen-bond donors (Lipinski definition) is 1. The topological polar surface area (TPSA) is 86.6 Å². The van der Waals surface area contributed by atoms with Crippen LogP contribution in [0.1, 0.15) is 15.9 Å². The second-order valence-corrected chi connectivity index (χ2v) is 7.62. The molecule has 9 heteroatoms. The average molecular weight is 478 g/mol. The van der Waals surface area contributed by atoms with Crippen molar-refractivity contribution in [2.45, 2.75) is 6.54 Å². The van der Waals surface area contributed by atoms with Crippen molar-refractivity contribution >= 4 is 28.3 Å². The minimum atomic E-state index is -0.626. The van der Waals surface area contributed by atoms with Gasteiger partial charge in [0.05, 0.1) is 30.7 Å². The molecule has 0 bridgehead atoms. The second kappa shape index (κ2) is 9.76. The van der Waals surface area contributed by atoms with E-state index in [1.807, 2.05) is 0 Å². The predicted molar refractivity (Wildman–Crippen MR) is 126 cm³/mol. The molecular weight excluding hydrogens is 458 g/mol. The van der Waals surface area contributed by atoms with Crippen LogP contribution in [0.25, 0.3) is 10.9 Å². The number of nitrogens with one attached hydrogen (secondary N) is 1. The Morgan fingerprint density at radius 2 is 1.46 bits per heavy atom. The summed E-state index contributed by atoms with van der Waals surface area (Å²) in [6.07, 6.45) is 1.28. The first kappa shape index (κ1) is 23.6. The number of rotatable bonds is 7. The molecule has 1 amide bonds. The zero-order chi connectivity index (χ0) is 25.1. The Balaban J connectivity index is 1.83. The molecule has 0 spiro atoms. The summed E-state index contributed by atoms with van der Waals surface area (Å²) in [6, 6.07) is 13.0. The van der Waals surface area contributed by atoms with Crippen LogP contribution in [0.2, 0.25) is 0 Å². The molecule has 178 valence electrons. The molecule has 4 aromatic rings. The Labute approximate surface area is 198 Å². The number of nitrogens with zero attached hydrogens (tertiary/aromatic N) is 1. The van der Waals surface area contributed by atoms with E-state index < -0.39 is 28.8 Å². The molecule has 0 aliphatic rings. The van der Waals surface area contributed by atoms with Gasteiger partial charge in [0.15, 0.2) is 17.3 Å². The van der Waals surface area contributed by atoms with Gasteiger partial charge in [-0.05, 0) is 54.6 Å². The zero-order valence-electron chi connectivity index (χ0n) is 18.8. The van der Waals surface area contributed by atoms with Crippen molar-refractivity contribution < 1.29 is 27.8 Å². The second-order valence-electron chi connectivity index (χ2n) is 7.62. The monoisotopic (exact) mass is 478 g/mol. The first-order valence-corrected chi connectivity index (χ1v) is 10.5. The smallest absolute Gasteiger partial charge is 0.244 e. The van der Waals surface area contributed by atoms with E-state index in [1.165, 1.54) is 73.5 Å². The van der Waals surface area contributed by atoms with Gasteiger partial charge in [0.25, 0.3) is 0 Å². The Bertz CT molecular complexity index is 1480. The van der Waals surface area contributed by atoms with Crippen molar-refractivity contribution in [3.63, 3.8) is 0 Å². The van der Waals surface area contributed by atoms with Crippen LogP contribution in [-0.4, -0.2) is 30.5 Å². The van der Waals surface area contributed by atoms with Gasteiger partial charge in [0, 0.05) is 23.5 Å². The number of aromatic nitrogens is 1. The van der Waals surface area contributed by atoms with Gasteiger partial charge < -0.3 is 19.4 Å². The normalized spacial score (nSPS) is 10.7. The molecule has 1 N–H and O–H groups in total. The average Bonchev–Trinajstić information content (AvgIpc) is 2.86. The van der Waals surface area contributed by atoms with E-state index in [0.717, 1.165) is 12.1 Å². The lowest BCUT2D eigenvalue weighted by Crippen LogP contribution is -2.24. The summed E-state index contributed by atoms with van der Waals surface area (Å²) in [5.41, 5.74) is 0.0446. The number of methoxy groups -OCH3 is 2. The summed E-state index contributed by atoms with van der Waals surface area (Å²) >= 11 is 0. The third-order valence-corrected chi connectivity index (χ3v) is 5.38. The number of ketones is 1. The maximum atomic E-state index is 13.3. The van der Waals surface area contributed by atoms with Crippen LogP contribution in [0.3, 0.4) is 0 Å². The highest BCUT2D eigenvalue weighted by Crippen LogP contribution is 2.31. The molecule has 3 aromatic carbocycles. The highest BCUT2D eigenvalue weighted by Gasteiger charge is 2.20. The van der Waals surface area contributed by atoms with Gasteiger partial charge in [-0.3, -0.25) is 14.4 Å². The maximum Gasteiger partial charge on any atom is 0.244 e. The number of benzene rings is 3. The van der Waals surface area contributed by atoms with E-state index in [2.05, 4.69) is 5.32 Å². The van der Waals surface area contributed by atoms with Crippen molar-refractivity contribution in [2.75, 3.05) is 19.5 Å². The molecule has 1 heterocycles. The van der Waals surface area contributed by atoms with Crippen molar-refractivity contribution in [3.05, 3.63) is 99.8 Å². The number of amides is 1. The summed E-state index contributed by atoms with van der Waals surface area (Å²) in [7, 11) is 2.84. The van der Waals surface area contributed by atoms with Gasteiger partial charge in [0.1, 0.15) is 18.2 Å². The fourth-order valence-electron chi connectivity index (χ4n) is 3.65. The Hall–Kier alpha value is -4.53. The minimum Gasteiger partial charge on any atom is -0.493 e. The lowest BCUT2D eigenvalue weighted by atomic mass is 10.0. The molecule has 0 saturated heterocycles. The van der Waals surface area contributed by atoms with Crippen molar-refractivity contribution in [1.82, 2.24) is 4.57 Å². The summed E-state index contributed by atoms with van der Waals surface area (Å²) in [6.45, 7) is -0.270. The molecule has 0 saturated carbocycles. The van der Waals surface area contributed by atoms with Crippen LogP contribution in [0, 0.1) is 11.6 Å². The molecule has 0 fully saturated rings. The quantitative estimate of drug-likeness (QED) is 0.403. The summed E-state index contributed by atoms with van der Waals surface area (Å²) in [5, 5.41) is 2.78. The van der Waals surface area contributed by atoms with E-state index in [9.17, 15) is 23.2 Å². The number of carbonyl (C=O) groups is 2. The predicted octanol–water partition coefficient (Wildman–Crippen LogP) is 4.17. The van der Waals surface area contributed by atoms with Crippen molar-refractivity contribution in [2.24, 2.45) is 0 Å². The van der Waals surface area contributed by atoms with Crippen molar-refractivity contribution in [1.29, 1.82) is 0 Å². The molecular formula is C26H20F2N2O5. The standard InChI is InChI=1S/C26H20F2N2O5/c1-34-22-11-19-21(12-23(22)35-2)30(14-24(31)29-18-9-7-17(28)8-10-18)13-20(26(19)33)25(32)15-3-5-16(27)6-4-15/h3-13H,14H2,1-2H3,(H,29,31). The fourth-order valence-corrected chi connectivity index (χ4v) is 3.65. The van der Waals surface area contributed by atoms with Crippen molar-refractivity contribution in [3.8, 4) is 11.5 Å². The molecule has 0 unspecified atom stereocenters. The van der Waals surface area contributed by atoms with Crippen LogP contribution in [-0.2, 0) is 11.3 Å². The van der Waals surface area contributed by atoms with E-state index in [-0.39, 0.29) is 28.8 Å². The number of carbonyl (C=O) groups excluding carboxylic acids is 2. The Kier molecular flexibility index (Phi) is 6.59. The van der Waals surface area contributed by atoms with E-state index >= 15 is 0 Å². The molecule has 0 radical (unpaired) electrons. The Morgan fingerprint density at radius 3 is 2.06 bits per heavy atom. The highest BCUT2D eigenvalue weighted by molar-refractivity contribution is 6.10. The minimum absolute atomic E-state index is 0.116. The van der Waals surface area contributed by atoms with Gasteiger partial charge in [-0.25, -0.2) is 8.78 Å². The first-order chi connectivity index (χ1) is 16.8. The van der Waals surface area contributed by atoms with Crippen LogP contribution in [0.4, 0.5) is 14.5 Å². The van der Waals surface area contributed by atoms with Gasteiger partial charge in [-0.2, -0.15) is 0 Å². The zero-order valence-corrected chi connectivity index (χ0v) is 18.8. The molecule has 7 nitrogen and oxygen atoms in total. The lowest BCUT2D eigenvalue weighted by molar-refractivity contribution is -0.116. The number of ether oxygens (including phenoxy) is 2. The Morgan fingerprint density at radius 1 is 0.886 bits per heavy atom. The van der Waals surface area contributed by atoms with Crippen LogP contribution < -0.4 is 20.2 Å². The lowest BCUT2D eigenvalue weighted by Gasteiger charge is -2.16. The van der Waals surface area contributed by atoms with Crippen LogP contribution >= 0.6 is 0 Å². The number of hydrogen-bond acceptors (Lipinski definition) is 5. The van der Waals surface area contributed by atoms with Gasteiger partial charge >= 0.3 is 0 Å². The molecule has 0 aliphatic carbocycles. The molecule has 0 aliphatic heterocycles. The number of pyridine rings is 1. The molecule has 1 aromatic heterocycles. The van der Waals surface area contributed by atoms with Gasteiger partial charge in [-0.1, -0.05) is 0 Å². The summed E-state index contributed by atoms with van der Waals surface area (Å²) < 4.78 is 38.6. The maximum absolute atomic E-state index is 13.3. The summed E-state index contributed by atoms with van der Waals surface area (Å²) in [4.78, 5) is 39.2. The third kappa shape index (κ3) is 4.89. The number of anilines is 1. The first-order valence-electron chi connectivity index (χ1n) is 10.5. The van der Waals surface area contributed by atoms with E-state index in [4.69, 9.17) is 9.47 Å². The summed E-state index contributed by atoms with van der Waals surface area (Å²) in [5.74, 6) is -1.47. The fraction of sp³-hybridized carbons (Fsp3) is 0.115. The van der Waals surface area contributed by atoms with E-state index in [1.54, 1.807) is 0 Å². The number of halogens is 2. The molecule has 4 rings (SSSR count). The largest absolute Gasteiger partial charge is 0.493 e. The molecule has 0 atom stereocenters. The van der Waals surface area contributed by atoms with Crippen LogP contribution in [0.15, 0.2) is 71.7 Å². The SMILES string of the molecule is COc1cc2c(=O)c(C(=O)c3ccc(F)cc3)cn(CC(=O)Nc3ccc(F)cc3)c2cc1OC. The highest BCUT2D eigenvalue weighted by atomic mass is 19.1. The van der Waals surface area contributed by atoms with Crippen LogP contribution in [0.5, 0.6) is 11.5 Å². The number of fused-ring (bicyclic) bond motifs is 1. The van der Waals surface area contributed by atoms with Gasteiger partial charge in [-0.15, -0.1) is 0 Å². The van der Waals surface area contributed by atoms with E-state index in [0.29, 0.717) is 17.0 Å². The van der Waals surface area contributed by atoms with Gasteiger partial charge in [0.2, 0.25) is 11.3 Å². The third-order valence-electron chi connectivity index (χ3n) is 5.38.